The Bertz CT molecular complexity index is 323. The second-order valence-electron chi connectivity index (χ2n) is 4.06. The second-order valence-corrected chi connectivity index (χ2v) is 4.06. The lowest BCUT2D eigenvalue weighted by Gasteiger charge is -2.24. The predicted molar refractivity (Wildman–Crippen MR) is 60.8 cm³/mol. The summed E-state index contributed by atoms with van der Waals surface area (Å²) in [5, 5.41) is 24.9. The summed E-state index contributed by atoms with van der Waals surface area (Å²) in [6.45, 7) is 0.0146. The van der Waals surface area contributed by atoms with E-state index in [2.05, 4.69) is 16.0 Å². The van der Waals surface area contributed by atoms with Gasteiger partial charge in [-0.3, -0.25) is 4.79 Å². The average Bonchev–Trinajstić information content (AvgIpc) is 2.31. The number of piperidine rings is 1. The minimum absolute atomic E-state index is 0.0514. The fraction of sp³-hybridized carbons (Fsp3) is 0.700. The molecule has 1 saturated heterocycles. The third-order valence-electron chi connectivity index (χ3n) is 2.62. The number of carboxylic acid groups (broad SMARTS) is 1. The molecule has 8 heteroatoms. The number of aliphatic hydroxyl groups excluding tert-OH is 1. The second kappa shape index (κ2) is 6.80. The van der Waals surface area contributed by atoms with E-state index in [0.29, 0.717) is 19.4 Å². The van der Waals surface area contributed by atoms with Crippen LogP contribution in [0.15, 0.2) is 0 Å². The normalized spacial score (nSPS) is 20.7. The maximum atomic E-state index is 11.5. The van der Waals surface area contributed by atoms with Crippen LogP contribution in [0.4, 0.5) is 4.79 Å². The van der Waals surface area contributed by atoms with Crippen LogP contribution in [0, 0.1) is 0 Å². The molecule has 0 aliphatic carbocycles. The van der Waals surface area contributed by atoms with Gasteiger partial charge in [-0.15, -0.1) is 0 Å². The van der Waals surface area contributed by atoms with Crippen LogP contribution in [0.1, 0.15) is 19.3 Å². The van der Waals surface area contributed by atoms with Crippen LogP contribution in [-0.2, 0) is 9.59 Å². The molecule has 1 unspecified atom stereocenters. The number of urea groups is 1. The number of amides is 3. The van der Waals surface area contributed by atoms with Gasteiger partial charge in [-0.25, -0.2) is 9.59 Å². The average molecular weight is 259 g/mol. The van der Waals surface area contributed by atoms with E-state index in [-0.39, 0.29) is 25.0 Å². The molecule has 18 heavy (non-hydrogen) atoms. The van der Waals surface area contributed by atoms with Crippen molar-refractivity contribution in [3.8, 4) is 0 Å². The number of hydrogen-bond donors (Lipinski definition) is 5. The van der Waals surface area contributed by atoms with Crippen LogP contribution in [-0.4, -0.2) is 53.4 Å². The van der Waals surface area contributed by atoms with Gasteiger partial charge in [-0.2, -0.15) is 0 Å². The predicted octanol–water partition coefficient (Wildman–Crippen LogP) is -1.60. The molecular weight excluding hydrogens is 242 g/mol. The van der Waals surface area contributed by atoms with E-state index in [1.54, 1.807) is 0 Å². The van der Waals surface area contributed by atoms with Crippen molar-refractivity contribution < 1.29 is 24.6 Å². The number of nitrogens with one attached hydrogen (secondary N) is 3. The van der Waals surface area contributed by atoms with E-state index in [1.165, 1.54) is 0 Å². The fourth-order valence-corrected chi connectivity index (χ4v) is 1.63. The Labute approximate surface area is 104 Å². The number of rotatable bonds is 5. The summed E-state index contributed by atoms with van der Waals surface area (Å²) in [6, 6.07) is -1.93. The lowest BCUT2D eigenvalue weighted by Crippen LogP contribution is -2.53. The van der Waals surface area contributed by atoms with E-state index in [4.69, 9.17) is 10.2 Å². The molecule has 1 fully saturated rings. The number of aliphatic carboxylic acids is 1. The van der Waals surface area contributed by atoms with Crippen molar-refractivity contribution in [1.82, 2.24) is 16.0 Å². The first-order valence-corrected chi connectivity index (χ1v) is 5.70. The van der Waals surface area contributed by atoms with E-state index in [0.717, 1.165) is 0 Å². The highest BCUT2D eigenvalue weighted by Crippen LogP contribution is 2.02. The molecule has 0 radical (unpaired) electrons. The van der Waals surface area contributed by atoms with Gasteiger partial charge in [0.2, 0.25) is 5.91 Å². The number of carbonyl (C=O) groups excluding carboxylic acids is 2. The van der Waals surface area contributed by atoms with Crippen molar-refractivity contribution in [1.29, 1.82) is 0 Å². The summed E-state index contributed by atoms with van der Waals surface area (Å²) >= 11 is 0. The third kappa shape index (κ3) is 4.58. The van der Waals surface area contributed by atoms with Crippen LogP contribution in [0.25, 0.3) is 0 Å². The van der Waals surface area contributed by atoms with Gasteiger partial charge in [0.25, 0.3) is 0 Å². The number of hydrogen-bond acceptors (Lipinski definition) is 4. The van der Waals surface area contributed by atoms with Gasteiger partial charge < -0.3 is 26.2 Å². The van der Waals surface area contributed by atoms with Crippen LogP contribution in [0.5, 0.6) is 0 Å². The molecule has 2 atom stereocenters. The molecule has 1 aliphatic heterocycles. The van der Waals surface area contributed by atoms with Gasteiger partial charge in [0.15, 0.2) is 0 Å². The Kier molecular flexibility index (Phi) is 5.37. The molecule has 0 aromatic carbocycles. The zero-order valence-electron chi connectivity index (χ0n) is 9.81. The molecule has 102 valence electrons. The van der Waals surface area contributed by atoms with Crippen LogP contribution < -0.4 is 16.0 Å². The van der Waals surface area contributed by atoms with E-state index < -0.39 is 18.0 Å². The summed E-state index contributed by atoms with van der Waals surface area (Å²) < 4.78 is 0. The number of carboxylic acids is 1. The van der Waals surface area contributed by atoms with Crippen molar-refractivity contribution in [2.24, 2.45) is 0 Å². The van der Waals surface area contributed by atoms with Crippen LogP contribution >= 0.6 is 0 Å². The van der Waals surface area contributed by atoms with Gasteiger partial charge >= 0.3 is 12.0 Å². The van der Waals surface area contributed by atoms with Crippen molar-refractivity contribution in [3.05, 3.63) is 0 Å². The molecule has 0 spiro atoms. The Morgan fingerprint density at radius 2 is 2.22 bits per heavy atom. The monoisotopic (exact) mass is 259 g/mol. The van der Waals surface area contributed by atoms with Gasteiger partial charge in [0.05, 0.1) is 0 Å². The topological polar surface area (TPSA) is 128 Å². The Morgan fingerprint density at radius 1 is 1.50 bits per heavy atom. The van der Waals surface area contributed by atoms with Gasteiger partial charge in [-0.1, -0.05) is 0 Å². The number of carbonyl (C=O) groups is 3. The molecule has 0 bridgehead atoms. The fourth-order valence-electron chi connectivity index (χ4n) is 1.63. The van der Waals surface area contributed by atoms with Gasteiger partial charge in [-0.05, 0) is 6.42 Å². The molecule has 3 amide bonds. The van der Waals surface area contributed by atoms with Crippen molar-refractivity contribution in [3.63, 3.8) is 0 Å². The summed E-state index contributed by atoms with van der Waals surface area (Å²) in [7, 11) is 0. The maximum absolute atomic E-state index is 11.5. The molecule has 0 aromatic rings. The van der Waals surface area contributed by atoms with Crippen molar-refractivity contribution >= 4 is 17.9 Å². The molecule has 0 aromatic heterocycles. The lowest BCUT2D eigenvalue weighted by atomic mass is 10.1. The standard InChI is InChI=1S/C10H17N3O5/c14-4-3-7(9(16)17)13-10(18)12-6-1-2-8(15)11-5-6/h6-7,14H,1-5H2,(H,11,15)(H,16,17)(H2,12,13,18)/t6?,7-/m0/s1. The molecular formula is C10H17N3O5. The van der Waals surface area contributed by atoms with Crippen molar-refractivity contribution in [2.75, 3.05) is 13.2 Å². The Hall–Kier alpha value is -1.83. The zero-order valence-corrected chi connectivity index (χ0v) is 9.81. The molecule has 1 heterocycles. The first-order valence-electron chi connectivity index (χ1n) is 5.70. The summed E-state index contributed by atoms with van der Waals surface area (Å²) in [6.07, 6.45) is 0.811. The van der Waals surface area contributed by atoms with Gasteiger partial charge in [0.1, 0.15) is 6.04 Å². The summed E-state index contributed by atoms with van der Waals surface area (Å²) in [5.41, 5.74) is 0. The zero-order chi connectivity index (χ0) is 13.5. The highest BCUT2D eigenvalue weighted by Gasteiger charge is 2.23. The van der Waals surface area contributed by atoms with Crippen molar-refractivity contribution in [2.45, 2.75) is 31.3 Å². The molecule has 5 N–H and O–H groups in total. The molecule has 1 aliphatic rings. The van der Waals surface area contributed by atoms with Crippen LogP contribution in [0.3, 0.4) is 0 Å². The van der Waals surface area contributed by atoms with E-state index in [9.17, 15) is 14.4 Å². The minimum atomic E-state index is -1.20. The maximum Gasteiger partial charge on any atom is 0.326 e. The number of aliphatic hydroxyl groups is 1. The third-order valence-corrected chi connectivity index (χ3v) is 2.62. The Morgan fingerprint density at radius 3 is 2.72 bits per heavy atom. The lowest BCUT2D eigenvalue weighted by molar-refractivity contribution is -0.139. The quantitative estimate of drug-likeness (QED) is 0.406. The summed E-state index contributed by atoms with van der Waals surface area (Å²) in [5.74, 6) is -1.26. The highest BCUT2D eigenvalue weighted by atomic mass is 16.4. The smallest absolute Gasteiger partial charge is 0.326 e. The molecule has 8 nitrogen and oxygen atoms in total. The molecule has 0 saturated carbocycles. The largest absolute Gasteiger partial charge is 0.480 e. The molecule has 1 rings (SSSR count). The van der Waals surface area contributed by atoms with Crippen LogP contribution in [0.2, 0.25) is 0 Å². The highest BCUT2D eigenvalue weighted by molar-refractivity contribution is 5.83. The SMILES string of the molecule is O=C1CCC(NC(=O)N[C@@H](CCO)C(=O)O)CN1. The Balaban J connectivity index is 2.35. The minimum Gasteiger partial charge on any atom is -0.480 e. The van der Waals surface area contributed by atoms with Gasteiger partial charge in [0, 0.05) is 32.0 Å². The first kappa shape index (κ1) is 14.2. The summed E-state index contributed by atoms with van der Waals surface area (Å²) in [4.78, 5) is 33.2. The first-order chi connectivity index (χ1) is 8.52. The van der Waals surface area contributed by atoms with E-state index in [1.807, 2.05) is 0 Å². The van der Waals surface area contributed by atoms with E-state index >= 15 is 0 Å².